The van der Waals surface area contributed by atoms with Crippen LogP contribution in [0.3, 0.4) is 0 Å². The van der Waals surface area contributed by atoms with E-state index < -0.39 is 0 Å². The average molecular weight is 224 g/mol. The molecule has 17 heavy (non-hydrogen) atoms. The summed E-state index contributed by atoms with van der Waals surface area (Å²) in [5.74, 6) is 0. The van der Waals surface area contributed by atoms with Gasteiger partial charge < -0.3 is 5.32 Å². The first-order valence-electron chi connectivity index (χ1n) is 5.26. The number of nitrogens with zero attached hydrogens (tertiary/aromatic N) is 3. The van der Waals surface area contributed by atoms with Crippen molar-refractivity contribution >= 4 is 11.4 Å². The van der Waals surface area contributed by atoms with E-state index in [9.17, 15) is 0 Å². The molecule has 2 heterocycles. The van der Waals surface area contributed by atoms with Gasteiger partial charge in [-0.2, -0.15) is 5.26 Å². The van der Waals surface area contributed by atoms with Crippen LogP contribution in [0.1, 0.15) is 17.1 Å². The van der Waals surface area contributed by atoms with E-state index in [1.165, 1.54) is 0 Å². The van der Waals surface area contributed by atoms with Gasteiger partial charge in [0, 0.05) is 5.69 Å². The number of hydrogen-bond donors (Lipinski definition) is 1. The zero-order valence-corrected chi connectivity index (χ0v) is 9.73. The summed E-state index contributed by atoms with van der Waals surface area (Å²) in [6.45, 7) is 3.91. The van der Waals surface area contributed by atoms with E-state index in [1.54, 1.807) is 12.3 Å². The Morgan fingerprint density at radius 3 is 2.59 bits per heavy atom. The van der Waals surface area contributed by atoms with Crippen LogP contribution < -0.4 is 5.32 Å². The molecule has 84 valence electrons. The van der Waals surface area contributed by atoms with E-state index in [0.717, 1.165) is 22.8 Å². The normalized spacial score (nSPS) is 9.71. The molecular weight excluding hydrogens is 212 g/mol. The summed E-state index contributed by atoms with van der Waals surface area (Å²) in [5.41, 5.74) is 4.13. The Morgan fingerprint density at radius 1 is 1.18 bits per heavy atom. The fourth-order valence-corrected chi connectivity index (χ4v) is 1.51. The van der Waals surface area contributed by atoms with Crippen molar-refractivity contribution < 1.29 is 0 Å². The van der Waals surface area contributed by atoms with E-state index in [-0.39, 0.29) is 0 Å². The zero-order chi connectivity index (χ0) is 12.3. The molecule has 0 spiro atoms. The van der Waals surface area contributed by atoms with Gasteiger partial charge >= 0.3 is 0 Å². The van der Waals surface area contributed by atoms with Gasteiger partial charge in [-0.15, -0.1) is 0 Å². The Bertz CT molecular complexity index is 567. The molecular formula is C13H12N4. The van der Waals surface area contributed by atoms with Gasteiger partial charge in [0.05, 0.1) is 23.3 Å². The lowest BCUT2D eigenvalue weighted by Crippen LogP contribution is -1.97. The summed E-state index contributed by atoms with van der Waals surface area (Å²) in [7, 11) is 0. The molecule has 0 bridgehead atoms. The third-order valence-electron chi connectivity index (χ3n) is 2.38. The summed E-state index contributed by atoms with van der Waals surface area (Å²) in [4.78, 5) is 8.36. The Labute approximate surface area is 100.0 Å². The first kappa shape index (κ1) is 11.1. The molecule has 2 aromatic rings. The summed E-state index contributed by atoms with van der Waals surface area (Å²) >= 11 is 0. The molecule has 0 saturated heterocycles. The van der Waals surface area contributed by atoms with Crippen molar-refractivity contribution in [3.8, 4) is 6.07 Å². The molecule has 0 radical (unpaired) electrons. The third kappa shape index (κ3) is 2.58. The number of nitriles is 1. The number of anilines is 2. The maximum Gasteiger partial charge on any atom is 0.140 e. The molecule has 0 aliphatic heterocycles. The second kappa shape index (κ2) is 4.62. The van der Waals surface area contributed by atoms with Gasteiger partial charge in [-0.05, 0) is 38.1 Å². The molecule has 1 N–H and O–H groups in total. The van der Waals surface area contributed by atoms with Gasteiger partial charge in [0.15, 0.2) is 0 Å². The lowest BCUT2D eigenvalue weighted by Gasteiger charge is -2.08. The monoisotopic (exact) mass is 224 g/mol. The summed E-state index contributed by atoms with van der Waals surface area (Å²) in [5, 5.41) is 11.9. The highest BCUT2D eigenvalue weighted by molar-refractivity contribution is 5.61. The number of aryl methyl sites for hydroxylation is 2. The highest BCUT2D eigenvalue weighted by atomic mass is 14.9. The first-order chi connectivity index (χ1) is 8.19. The van der Waals surface area contributed by atoms with Crippen LogP contribution in [-0.2, 0) is 0 Å². The summed E-state index contributed by atoms with van der Waals surface area (Å²) in [6, 6.07) is 9.42. The second-order valence-electron chi connectivity index (χ2n) is 3.75. The van der Waals surface area contributed by atoms with Crippen molar-refractivity contribution in [1.29, 1.82) is 5.26 Å². The lowest BCUT2D eigenvalue weighted by molar-refractivity contribution is 1.12. The van der Waals surface area contributed by atoms with Crippen LogP contribution in [0, 0.1) is 25.2 Å². The van der Waals surface area contributed by atoms with Gasteiger partial charge in [-0.3, -0.25) is 4.98 Å². The Balaban J connectivity index is 2.23. The van der Waals surface area contributed by atoms with Crippen LogP contribution in [0.15, 0.2) is 30.5 Å². The van der Waals surface area contributed by atoms with Crippen molar-refractivity contribution in [3.05, 3.63) is 47.5 Å². The number of hydrogen-bond acceptors (Lipinski definition) is 4. The maximum atomic E-state index is 8.65. The fourth-order valence-electron chi connectivity index (χ4n) is 1.51. The summed E-state index contributed by atoms with van der Waals surface area (Å²) in [6.07, 6.45) is 1.64. The minimum atomic E-state index is 0.411. The van der Waals surface area contributed by atoms with Crippen molar-refractivity contribution in [2.24, 2.45) is 0 Å². The van der Waals surface area contributed by atoms with Crippen LogP contribution >= 0.6 is 0 Å². The number of nitrogens with one attached hydrogen (secondary N) is 1. The zero-order valence-electron chi connectivity index (χ0n) is 9.73. The van der Waals surface area contributed by atoms with E-state index in [4.69, 9.17) is 5.26 Å². The van der Waals surface area contributed by atoms with Gasteiger partial charge in [-0.1, -0.05) is 0 Å². The molecule has 0 aliphatic rings. The lowest BCUT2D eigenvalue weighted by atomic mass is 10.2. The first-order valence-corrected chi connectivity index (χ1v) is 5.26. The Kier molecular flexibility index (Phi) is 3.01. The maximum absolute atomic E-state index is 8.65. The second-order valence-corrected chi connectivity index (χ2v) is 3.75. The number of rotatable bonds is 2. The molecule has 0 fully saturated rings. The molecule has 0 aliphatic carbocycles. The minimum absolute atomic E-state index is 0.411. The predicted octanol–water partition coefficient (Wildman–Crippen LogP) is 2.71. The third-order valence-corrected chi connectivity index (χ3v) is 2.38. The van der Waals surface area contributed by atoms with Crippen molar-refractivity contribution in [1.82, 2.24) is 9.97 Å². The van der Waals surface area contributed by atoms with E-state index in [0.29, 0.717) is 5.69 Å². The largest absolute Gasteiger partial charge is 0.353 e. The van der Waals surface area contributed by atoms with Gasteiger partial charge in [-0.25, -0.2) is 4.98 Å². The van der Waals surface area contributed by atoms with Crippen LogP contribution in [-0.4, -0.2) is 9.97 Å². The van der Waals surface area contributed by atoms with Crippen LogP contribution in [0.25, 0.3) is 0 Å². The topological polar surface area (TPSA) is 61.6 Å². The van der Waals surface area contributed by atoms with E-state index >= 15 is 0 Å². The Hall–Kier alpha value is -2.41. The SMILES string of the molecule is Cc1ccc(Nc2ccc(C#N)nc2)c(C)n1. The van der Waals surface area contributed by atoms with Crippen molar-refractivity contribution in [3.63, 3.8) is 0 Å². The molecule has 0 aromatic carbocycles. The molecule has 0 saturated carbocycles. The minimum Gasteiger partial charge on any atom is -0.353 e. The van der Waals surface area contributed by atoms with Crippen LogP contribution in [0.5, 0.6) is 0 Å². The highest BCUT2D eigenvalue weighted by Crippen LogP contribution is 2.18. The van der Waals surface area contributed by atoms with Gasteiger partial charge in [0.25, 0.3) is 0 Å². The smallest absolute Gasteiger partial charge is 0.140 e. The molecule has 4 nitrogen and oxygen atoms in total. The molecule has 2 aromatic heterocycles. The summed E-state index contributed by atoms with van der Waals surface area (Å²) < 4.78 is 0. The van der Waals surface area contributed by atoms with Crippen LogP contribution in [0.2, 0.25) is 0 Å². The van der Waals surface area contributed by atoms with Crippen molar-refractivity contribution in [2.75, 3.05) is 5.32 Å². The average Bonchev–Trinajstić information content (AvgIpc) is 2.34. The van der Waals surface area contributed by atoms with Crippen molar-refractivity contribution in [2.45, 2.75) is 13.8 Å². The molecule has 2 rings (SSSR count). The molecule has 0 amide bonds. The standard InChI is InChI=1S/C13H12N4/c1-9-3-6-13(10(2)16-9)17-12-5-4-11(7-14)15-8-12/h3-6,8,17H,1-2H3. The highest BCUT2D eigenvalue weighted by Gasteiger charge is 2.01. The predicted molar refractivity (Wildman–Crippen MR) is 65.9 cm³/mol. The number of aromatic nitrogens is 2. The molecule has 4 heteroatoms. The fraction of sp³-hybridized carbons (Fsp3) is 0.154. The quantitative estimate of drug-likeness (QED) is 0.851. The molecule has 0 unspecified atom stereocenters. The van der Waals surface area contributed by atoms with E-state index in [1.807, 2.05) is 38.1 Å². The molecule has 0 atom stereocenters. The number of pyridine rings is 2. The Morgan fingerprint density at radius 2 is 2.00 bits per heavy atom. The van der Waals surface area contributed by atoms with Gasteiger partial charge in [0.2, 0.25) is 0 Å². The van der Waals surface area contributed by atoms with Crippen LogP contribution in [0.4, 0.5) is 11.4 Å². The van der Waals surface area contributed by atoms with E-state index in [2.05, 4.69) is 15.3 Å². The van der Waals surface area contributed by atoms with Gasteiger partial charge in [0.1, 0.15) is 11.8 Å².